The van der Waals surface area contributed by atoms with Crippen LogP contribution in [0.25, 0.3) is 0 Å². The van der Waals surface area contributed by atoms with Crippen LogP contribution in [0.3, 0.4) is 0 Å². The molecule has 0 fully saturated rings. The van der Waals surface area contributed by atoms with Crippen LogP contribution < -0.4 is 0 Å². The molecular weight excluding hydrogens is 276 g/mol. The summed E-state index contributed by atoms with van der Waals surface area (Å²) in [5, 5.41) is 0. The molecule has 1 unspecified atom stereocenters. The van der Waals surface area contributed by atoms with Gasteiger partial charge in [-0.15, -0.1) is 0 Å². The second-order valence-corrected chi connectivity index (χ2v) is 7.31. The molecule has 0 radical (unpaired) electrons. The van der Waals surface area contributed by atoms with Crippen molar-refractivity contribution in [2.75, 3.05) is 12.4 Å². The van der Waals surface area contributed by atoms with Gasteiger partial charge in [0.2, 0.25) is 0 Å². The minimum Gasteiger partial charge on any atom is -0.466 e. The molecule has 20 heavy (non-hydrogen) atoms. The van der Waals surface area contributed by atoms with Crippen molar-refractivity contribution in [2.24, 2.45) is 5.92 Å². The number of ether oxygens (including phenoxy) is 1. The zero-order chi connectivity index (χ0) is 15.3. The molecule has 1 aromatic rings. The number of hydrogen-bond acceptors (Lipinski definition) is 4. The first-order valence-corrected chi connectivity index (χ1v) is 8.50. The minimum absolute atomic E-state index is 0.0424. The number of hydrogen-bond donors (Lipinski definition) is 0. The summed E-state index contributed by atoms with van der Waals surface area (Å²) >= 11 is 0. The highest BCUT2D eigenvalue weighted by molar-refractivity contribution is 7.90. The summed E-state index contributed by atoms with van der Waals surface area (Å²) < 4.78 is 29.1. The van der Waals surface area contributed by atoms with Gasteiger partial charge in [-0.25, -0.2) is 8.42 Å². The summed E-state index contributed by atoms with van der Waals surface area (Å²) in [4.78, 5) is 11.5. The predicted molar refractivity (Wildman–Crippen MR) is 79.2 cm³/mol. The van der Waals surface area contributed by atoms with Crippen LogP contribution in [-0.2, 0) is 25.1 Å². The Balaban J connectivity index is 2.77. The lowest BCUT2D eigenvalue weighted by Gasteiger charge is -2.11. The molecule has 0 aliphatic rings. The molecule has 112 valence electrons. The SMILES string of the molecule is CCOC(=O)C(C)CS(=O)(=O)Cc1cc(C)cc(C)c1. The van der Waals surface area contributed by atoms with E-state index < -0.39 is 21.7 Å². The van der Waals surface area contributed by atoms with E-state index in [1.807, 2.05) is 32.0 Å². The smallest absolute Gasteiger partial charge is 0.309 e. The van der Waals surface area contributed by atoms with Crippen LogP contribution in [0.5, 0.6) is 0 Å². The predicted octanol–water partition coefficient (Wildman–Crippen LogP) is 2.42. The lowest BCUT2D eigenvalue weighted by molar-refractivity contribution is -0.146. The molecule has 1 aromatic carbocycles. The van der Waals surface area contributed by atoms with E-state index in [1.165, 1.54) is 0 Å². The van der Waals surface area contributed by atoms with Gasteiger partial charge >= 0.3 is 5.97 Å². The van der Waals surface area contributed by atoms with Crippen LogP contribution >= 0.6 is 0 Å². The molecule has 1 atom stereocenters. The number of benzene rings is 1. The van der Waals surface area contributed by atoms with Crippen LogP contribution in [0, 0.1) is 19.8 Å². The molecule has 0 aliphatic carbocycles. The Bertz CT molecular complexity index is 555. The van der Waals surface area contributed by atoms with Crippen molar-refractivity contribution in [1.82, 2.24) is 0 Å². The van der Waals surface area contributed by atoms with Gasteiger partial charge in [0, 0.05) is 0 Å². The molecule has 0 saturated carbocycles. The first-order valence-electron chi connectivity index (χ1n) is 6.67. The van der Waals surface area contributed by atoms with E-state index in [2.05, 4.69) is 0 Å². The van der Waals surface area contributed by atoms with Crippen LogP contribution in [0.1, 0.15) is 30.5 Å². The van der Waals surface area contributed by atoms with Crippen LogP contribution in [-0.4, -0.2) is 26.7 Å². The van der Waals surface area contributed by atoms with E-state index >= 15 is 0 Å². The number of rotatable bonds is 6. The fourth-order valence-corrected chi connectivity index (χ4v) is 3.89. The lowest BCUT2D eigenvalue weighted by Crippen LogP contribution is -2.24. The molecule has 0 amide bonds. The summed E-state index contributed by atoms with van der Waals surface area (Å²) in [6.45, 7) is 7.42. The molecular formula is C15H22O4S. The van der Waals surface area contributed by atoms with Crippen LogP contribution in [0.15, 0.2) is 18.2 Å². The number of aryl methyl sites for hydroxylation is 2. The molecule has 0 saturated heterocycles. The van der Waals surface area contributed by atoms with E-state index in [1.54, 1.807) is 13.8 Å². The second-order valence-electron chi connectivity index (χ2n) is 5.20. The van der Waals surface area contributed by atoms with E-state index in [-0.39, 0.29) is 18.1 Å². The average Bonchev–Trinajstić information content (AvgIpc) is 2.25. The van der Waals surface area contributed by atoms with Crippen molar-refractivity contribution < 1.29 is 17.9 Å². The third kappa shape index (κ3) is 5.33. The highest BCUT2D eigenvalue weighted by Crippen LogP contribution is 2.14. The summed E-state index contributed by atoms with van der Waals surface area (Å²) in [5.74, 6) is -1.32. The normalized spacial score (nSPS) is 13.0. The van der Waals surface area contributed by atoms with Crippen molar-refractivity contribution >= 4 is 15.8 Å². The monoisotopic (exact) mass is 298 g/mol. The molecule has 0 heterocycles. The summed E-state index contributed by atoms with van der Waals surface area (Å²) in [6.07, 6.45) is 0. The Kier molecular flexibility index (Phi) is 5.74. The Morgan fingerprint density at radius 3 is 2.25 bits per heavy atom. The fourth-order valence-electron chi connectivity index (χ4n) is 2.20. The van der Waals surface area contributed by atoms with Crippen LogP contribution in [0.2, 0.25) is 0 Å². The zero-order valence-electron chi connectivity index (χ0n) is 12.5. The van der Waals surface area contributed by atoms with Gasteiger partial charge in [-0.05, 0) is 26.3 Å². The third-order valence-corrected chi connectivity index (χ3v) is 4.64. The maximum absolute atomic E-state index is 12.1. The Morgan fingerprint density at radius 2 is 1.75 bits per heavy atom. The van der Waals surface area contributed by atoms with Crippen molar-refractivity contribution in [3.05, 3.63) is 34.9 Å². The molecule has 0 spiro atoms. The third-order valence-electron chi connectivity index (χ3n) is 2.86. The van der Waals surface area contributed by atoms with Gasteiger partial charge in [0.1, 0.15) is 0 Å². The molecule has 0 aromatic heterocycles. The van der Waals surface area contributed by atoms with Gasteiger partial charge in [0.15, 0.2) is 9.84 Å². The standard InChI is InChI=1S/C15H22O4S/c1-5-19-15(16)13(4)9-20(17,18)10-14-7-11(2)6-12(3)8-14/h6-8,13H,5,9-10H2,1-4H3. The van der Waals surface area contributed by atoms with Gasteiger partial charge in [0.25, 0.3) is 0 Å². The molecule has 4 nitrogen and oxygen atoms in total. The van der Waals surface area contributed by atoms with E-state index in [9.17, 15) is 13.2 Å². The number of sulfone groups is 1. The Labute approximate surface area is 121 Å². The highest BCUT2D eigenvalue weighted by atomic mass is 32.2. The number of esters is 1. The molecule has 0 aliphatic heterocycles. The van der Waals surface area contributed by atoms with Gasteiger partial charge in [-0.2, -0.15) is 0 Å². The van der Waals surface area contributed by atoms with Gasteiger partial charge in [0.05, 0.1) is 24.0 Å². The van der Waals surface area contributed by atoms with Gasteiger partial charge in [-0.1, -0.05) is 36.2 Å². The van der Waals surface area contributed by atoms with Crippen molar-refractivity contribution in [1.29, 1.82) is 0 Å². The summed E-state index contributed by atoms with van der Waals surface area (Å²) in [7, 11) is -3.33. The highest BCUT2D eigenvalue weighted by Gasteiger charge is 2.23. The largest absolute Gasteiger partial charge is 0.466 e. The topological polar surface area (TPSA) is 60.4 Å². The molecule has 1 rings (SSSR count). The van der Waals surface area contributed by atoms with E-state index in [0.717, 1.165) is 16.7 Å². The zero-order valence-corrected chi connectivity index (χ0v) is 13.3. The molecule has 0 bridgehead atoms. The van der Waals surface area contributed by atoms with Gasteiger partial charge in [-0.3, -0.25) is 4.79 Å². The lowest BCUT2D eigenvalue weighted by atomic mass is 10.1. The first-order chi connectivity index (χ1) is 9.23. The second kappa shape index (κ2) is 6.88. The van der Waals surface area contributed by atoms with Crippen molar-refractivity contribution in [2.45, 2.75) is 33.4 Å². The quantitative estimate of drug-likeness (QED) is 0.757. The van der Waals surface area contributed by atoms with E-state index in [0.29, 0.717) is 0 Å². The molecule has 0 N–H and O–H groups in total. The van der Waals surface area contributed by atoms with Crippen molar-refractivity contribution in [3.63, 3.8) is 0 Å². The van der Waals surface area contributed by atoms with Crippen LogP contribution in [0.4, 0.5) is 0 Å². The maximum atomic E-state index is 12.1. The number of carbonyl (C=O) groups is 1. The number of carbonyl (C=O) groups excluding carboxylic acids is 1. The average molecular weight is 298 g/mol. The molecule has 5 heteroatoms. The summed E-state index contributed by atoms with van der Waals surface area (Å²) in [5.41, 5.74) is 2.83. The van der Waals surface area contributed by atoms with E-state index in [4.69, 9.17) is 4.74 Å². The fraction of sp³-hybridized carbons (Fsp3) is 0.533. The minimum atomic E-state index is -3.33. The van der Waals surface area contributed by atoms with Crippen molar-refractivity contribution in [3.8, 4) is 0 Å². The maximum Gasteiger partial charge on any atom is 0.309 e. The first kappa shape index (κ1) is 16.7. The summed E-state index contributed by atoms with van der Waals surface area (Å²) in [6, 6.07) is 5.72. The Morgan fingerprint density at radius 1 is 1.20 bits per heavy atom. The van der Waals surface area contributed by atoms with Gasteiger partial charge < -0.3 is 4.74 Å². The Hall–Kier alpha value is -1.36.